The molecule has 0 radical (unpaired) electrons. The van der Waals surface area contributed by atoms with Gasteiger partial charge in [-0.3, -0.25) is 4.98 Å². The molecule has 0 aliphatic rings. The lowest BCUT2D eigenvalue weighted by atomic mass is 10.2. The van der Waals surface area contributed by atoms with Crippen LogP contribution in [0.2, 0.25) is 0 Å². The number of benzene rings is 1. The van der Waals surface area contributed by atoms with Gasteiger partial charge in [-0.2, -0.15) is 0 Å². The van der Waals surface area contributed by atoms with Gasteiger partial charge < -0.3 is 15.2 Å². The molecule has 0 saturated carbocycles. The van der Waals surface area contributed by atoms with Crippen LogP contribution in [0.3, 0.4) is 0 Å². The van der Waals surface area contributed by atoms with Crippen LogP contribution in [-0.2, 0) is 11.2 Å². The molecule has 0 bridgehead atoms. The second kappa shape index (κ2) is 6.56. The Bertz CT molecular complexity index is 585. The van der Waals surface area contributed by atoms with Gasteiger partial charge in [0.1, 0.15) is 5.75 Å². The van der Waals surface area contributed by atoms with E-state index in [1.165, 1.54) is 7.11 Å². The van der Waals surface area contributed by atoms with E-state index < -0.39 is 5.97 Å². The van der Waals surface area contributed by atoms with E-state index in [0.717, 1.165) is 5.56 Å². The van der Waals surface area contributed by atoms with Crippen LogP contribution < -0.4 is 10.5 Å². The van der Waals surface area contributed by atoms with Gasteiger partial charge in [0.2, 0.25) is 0 Å². The van der Waals surface area contributed by atoms with Crippen molar-refractivity contribution in [2.75, 3.05) is 19.5 Å². The maximum absolute atomic E-state index is 11.9. The van der Waals surface area contributed by atoms with Crippen LogP contribution in [0, 0.1) is 0 Å². The molecule has 5 heteroatoms. The van der Waals surface area contributed by atoms with E-state index >= 15 is 0 Å². The van der Waals surface area contributed by atoms with Crippen LogP contribution in [0.1, 0.15) is 15.9 Å². The van der Waals surface area contributed by atoms with Crippen LogP contribution in [0.4, 0.5) is 5.69 Å². The fraction of sp³-hybridized carbons (Fsp3) is 0.200. The Morgan fingerprint density at radius 3 is 2.90 bits per heavy atom. The summed E-state index contributed by atoms with van der Waals surface area (Å²) in [4.78, 5) is 15.9. The number of methoxy groups -OCH3 is 1. The molecule has 0 aliphatic carbocycles. The molecule has 20 heavy (non-hydrogen) atoms. The van der Waals surface area contributed by atoms with Crippen molar-refractivity contribution in [2.45, 2.75) is 6.42 Å². The summed E-state index contributed by atoms with van der Waals surface area (Å²) >= 11 is 0. The average Bonchev–Trinajstić information content (AvgIpc) is 2.48. The molecule has 1 aromatic heterocycles. The van der Waals surface area contributed by atoms with E-state index in [1.807, 2.05) is 12.1 Å². The second-order valence-corrected chi connectivity index (χ2v) is 4.20. The zero-order valence-electron chi connectivity index (χ0n) is 11.2. The molecule has 0 saturated heterocycles. The average molecular weight is 272 g/mol. The van der Waals surface area contributed by atoms with E-state index in [1.54, 1.807) is 30.6 Å². The Kier molecular flexibility index (Phi) is 4.55. The van der Waals surface area contributed by atoms with Gasteiger partial charge in [0.05, 0.1) is 25.0 Å². The number of nitrogens with two attached hydrogens (primary N) is 1. The minimum atomic E-state index is -0.396. The van der Waals surface area contributed by atoms with Gasteiger partial charge in [-0.1, -0.05) is 6.07 Å². The standard InChI is InChI=1S/C15H16N2O3/c1-19-14-9-12(4-5-13(14)16)15(18)20-8-6-11-3-2-7-17-10-11/h2-5,7,9-10H,6,8,16H2,1H3. The van der Waals surface area contributed by atoms with Crippen molar-refractivity contribution in [1.82, 2.24) is 4.98 Å². The third kappa shape index (κ3) is 3.47. The highest BCUT2D eigenvalue weighted by Crippen LogP contribution is 2.22. The Labute approximate surface area is 117 Å². The van der Waals surface area contributed by atoms with Crippen LogP contribution in [-0.4, -0.2) is 24.7 Å². The van der Waals surface area contributed by atoms with Crippen molar-refractivity contribution >= 4 is 11.7 Å². The number of carbonyl (C=O) groups excluding carboxylic acids is 1. The number of nitrogens with zero attached hydrogens (tertiary/aromatic N) is 1. The summed E-state index contributed by atoms with van der Waals surface area (Å²) in [6, 6.07) is 8.59. The normalized spacial score (nSPS) is 10.1. The lowest BCUT2D eigenvalue weighted by Gasteiger charge is -2.08. The van der Waals surface area contributed by atoms with Crippen LogP contribution >= 0.6 is 0 Å². The molecule has 1 heterocycles. The summed E-state index contributed by atoms with van der Waals surface area (Å²) in [6.07, 6.45) is 4.09. The summed E-state index contributed by atoms with van der Waals surface area (Å²) in [7, 11) is 1.50. The lowest BCUT2D eigenvalue weighted by Crippen LogP contribution is -2.09. The number of nitrogen functional groups attached to an aromatic ring is 1. The van der Waals surface area contributed by atoms with Gasteiger partial charge in [0.15, 0.2) is 0 Å². The number of ether oxygens (including phenoxy) is 2. The highest BCUT2D eigenvalue weighted by Gasteiger charge is 2.10. The first-order valence-electron chi connectivity index (χ1n) is 6.20. The fourth-order valence-corrected chi connectivity index (χ4v) is 1.73. The highest BCUT2D eigenvalue weighted by atomic mass is 16.5. The number of rotatable bonds is 5. The fourth-order valence-electron chi connectivity index (χ4n) is 1.73. The topological polar surface area (TPSA) is 74.4 Å². The Hall–Kier alpha value is -2.56. The van der Waals surface area contributed by atoms with Crippen molar-refractivity contribution in [3.8, 4) is 5.75 Å². The molecule has 2 aromatic rings. The molecule has 5 nitrogen and oxygen atoms in total. The number of pyridine rings is 1. The third-order valence-corrected chi connectivity index (χ3v) is 2.82. The summed E-state index contributed by atoms with van der Waals surface area (Å²) in [6.45, 7) is 0.303. The molecule has 0 aliphatic heterocycles. The number of hydrogen-bond acceptors (Lipinski definition) is 5. The molecular weight excluding hydrogens is 256 g/mol. The van der Waals surface area contributed by atoms with Gasteiger partial charge in [-0.15, -0.1) is 0 Å². The zero-order chi connectivity index (χ0) is 14.4. The zero-order valence-corrected chi connectivity index (χ0v) is 11.2. The summed E-state index contributed by atoms with van der Waals surface area (Å²) in [5, 5.41) is 0. The SMILES string of the molecule is COc1cc(C(=O)OCCc2cccnc2)ccc1N. The number of aromatic nitrogens is 1. The second-order valence-electron chi connectivity index (χ2n) is 4.20. The van der Waals surface area contributed by atoms with Gasteiger partial charge in [-0.05, 0) is 29.8 Å². The Balaban J connectivity index is 1.92. The molecule has 0 unspecified atom stereocenters. The van der Waals surface area contributed by atoms with Crippen molar-refractivity contribution in [3.63, 3.8) is 0 Å². The smallest absolute Gasteiger partial charge is 0.338 e. The molecule has 0 atom stereocenters. The number of esters is 1. The van der Waals surface area contributed by atoms with E-state index in [-0.39, 0.29) is 0 Å². The number of carbonyl (C=O) groups is 1. The summed E-state index contributed by atoms with van der Waals surface area (Å²) in [5.74, 6) is 0.0684. The van der Waals surface area contributed by atoms with Crippen molar-refractivity contribution in [3.05, 3.63) is 53.9 Å². The molecule has 104 valence electrons. The predicted molar refractivity (Wildman–Crippen MR) is 75.6 cm³/mol. The van der Waals surface area contributed by atoms with E-state index in [2.05, 4.69) is 4.98 Å². The lowest BCUT2D eigenvalue weighted by molar-refractivity contribution is 0.0509. The highest BCUT2D eigenvalue weighted by molar-refractivity contribution is 5.90. The van der Waals surface area contributed by atoms with Gasteiger partial charge >= 0.3 is 5.97 Å². The minimum Gasteiger partial charge on any atom is -0.495 e. The van der Waals surface area contributed by atoms with Crippen molar-refractivity contribution in [2.24, 2.45) is 0 Å². The summed E-state index contributed by atoms with van der Waals surface area (Å²) < 4.78 is 10.3. The van der Waals surface area contributed by atoms with Crippen molar-refractivity contribution in [1.29, 1.82) is 0 Å². The van der Waals surface area contributed by atoms with Gasteiger partial charge in [0.25, 0.3) is 0 Å². The quantitative estimate of drug-likeness (QED) is 0.666. The first-order valence-corrected chi connectivity index (χ1v) is 6.20. The molecule has 2 N–H and O–H groups in total. The Morgan fingerprint density at radius 2 is 2.20 bits per heavy atom. The molecule has 0 fully saturated rings. The van der Waals surface area contributed by atoms with E-state index in [9.17, 15) is 4.79 Å². The summed E-state index contributed by atoms with van der Waals surface area (Å²) in [5.41, 5.74) is 7.62. The van der Waals surface area contributed by atoms with E-state index in [0.29, 0.717) is 30.0 Å². The monoisotopic (exact) mass is 272 g/mol. The predicted octanol–water partition coefficient (Wildman–Crippen LogP) is 2.07. The third-order valence-electron chi connectivity index (χ3n) is 2.82. The van der Waals surface area contributed by atoms with Crippen molar-refractivity contribution < 1.29 is 14.3 Å². The first kappa shape index (κ1) is 13.9. The first-order chi connectivity index (χ1) is 9.70. The maximum atomic E-state index is 11.9. The molecular formula is C15H16N2O3. The molecule has 1 aromatic carbocycles. The minimum absolute atomic E-state index is 0.303. The van der Waals surface area contributed by atoms with Gasteiger partial charge in [-0.25, -0.2) is 4.79 Å². The molecule has 0 spiro atoms. The Morgan fingerprint density at radius 1 is 1.35 bits per heavy atom. The van der Waals surface area contributed by atoms with Crippen LogP contribution in [0.25, 0.3) is 0 Å². The maximum Gasteiger partial charge on any atom is 0.338 e. The largest absolute Gasteiger partial charge is 0.495 e. The van der Waals surface area contributed by atoms with E-state index in [4.69, 9.17) is 15.2 Å². The molecule has 2 rings (SSSR count). The number of hydrogen-bond donors (Lipinski definition) is 1. The van der Waals surface area contributed by atoms with Crippen LogP contribution in [0.5, 0.6) is 5.75 Å². The van der Waals surface area contributed by atoms with Gasteiger partial charge in [0, 0.05) is 18.8 Å². The van der Waals surface area contributed by atoms with Crippen LogP contribution in [0.15, 0.2) is 42.7 Å². The molecule has 0 amide bonds. The number of anilines is 1.